The van der Waals surface area contributed by atoms with Crippen LogP contribution in [0.3, 0.4) is 0 Å². The van der Waals surface area contributed by atoms with Gasteiger partial charge in [0.05, 0.1) is 16.7 Å². The molecule has 3 aromatic heterocycles. The molecule has 0 bridgehead atoms. The SMILES string of the molecule is c1ccc(-c2ccc(-c3nc(-c4ccccc4)nc(-c4ccccc4-n4c5ccccc5c5cc6c(cc54)oc4ccc(-c5ccccc5)cc46)n3)cc2)cc1. The van der Waals surface area contributed by atoms with Gasteiger partial charge in [-0.15, -0.1) is 0 Å². The van der Waals surface area contributed by atoms with Gasteiger partial charge in [-0.25, -0.2) is 15.0 Å². The Bertz CT molecular complexity index is 3220. The van der Waals surface area contributed by atoms with Gasteiger partial charge in [0.1, 0.15) is 11.2 Å². The zero-order chi connectivity index (χ0) is 37.0. The summed E-state index contributed by atoms with van der Waals surface area (Å²) >= 11 is 0. The molecule has 11 rings (SSSR count). The van der Waals surface area contributed by atoms with Gasteiger partial charge in [0, 0.05) is 44.3 Å². The van der Waals surface area contributed by atoms with Gasteiger partial charge < -0.3 is 8.98 Å². The minimum absolute atomic E-state index is 0.598. The standard InChI is InChI=1S/C51H32N4O/c1-4-14-33(15-5-1)35-24-26-37(27-25-35)50-52-49(36-18-8-3-9-19-36)53-51(54-50)40-21-11-13-23-45(40)55-44-22-12-10-20-39(44)41-31-43-42-30-38(34-16-6-2-7-17-34)28-29-47(42)56-48(43)32-46(41)55/h1-32H. The fourth-order valence-electron chi connectivity index (χ4n) is 7.95. The maximum absolute atomic E-state index is 6.57. The highest BCUT2D eigenvalue weighted by Gasteiger charge is 2.21. The summed E-state index contributed by atoms with van der Waals surface area (Å²) in [6.07, 6.45) is 0. The van der Waals surface area contributed by atoms with Crippen LogP contribution in [0.5, 0.6) is 0 Å². The monoisotopic (exact) mass is 716 g/mol. The highest BCUT2D eigenvalue weighted by Crippen LogP contribution is 2.41. The molecule has 0 spiro atoms. The van der Waals surface area contributed by atoms with E-state index < -0.39 is 0 Å². The first-order valence-corrected chi connectivity index (χ1v) is 18.8. The lowest BCUT2D eigenvalue weighted by molar-refractivity contribution is 0.669. The number of nitrogens with zero attached hydrogens (tertiary/aromatic N) is 4. The molecule has 0 amide bonds. The summed E-state index contributed by atoms with van der Waals surface area (Å²) in [5.74, 6) is 1.83. The maximum atomic E-state index is 6.57. The van der Waals surface area contributed by atoms with Gasteiger partial charge in [0.25, 0.3) is 0 Å². The predicted octanol–water partition coefficient (Wildman–Crippen LogP) is 13.2. The fraction of sp³-hybridized carbons (Fsp3) is 0. The molecule has 0 aliphatic rings. The van der Waals surface area contributed by atoms with Crippen molar-refractivity contribution in [3.05, 3.63) is 194 Å². The molecule has 0 unspecified atom stereocenters. The third kappa shape index (κ3) is 5.37. The lowest BCUT2D eigenvalue weighted by Gasteiger charge is -2.14. The van der Waals surface area contributed by atoms with E-state index in [0.29, 0.717) is 17.5 Å². The molecule has 0 saturated carbocycles. The Morgan fingerprint density at radius 2 is 0.839 bits per heavy atom. The van der Waals surface area contributed by atoms with Crippen molar-refractivity contribution < 1.29 is 4.42 Å². The molecular formula is C51H32N4O. The molecule has 0 radical (unpaired) electrons. The lowest BCUT2D eigenvalue weighted by Crippen LogP contribution is -2.03. The Hall–Kier alpha value is -7.63. The number of rotatable bonds is 6. The van der Waals surface area contributed by atoms with Gasteiger partial charge in [-0.3, -0.25) is 0 Å². The number of para-hydroxylation sites is 2. The minimum atomic E-state index is 0.598. The second-order valence-corrected chi connectivity index (χ2v) is 14.0. The summed E-state index contributed by atoms with van der Waals surface area (Å²) in [4.78, 5) is 15.4. The van der Waals surface area contributed by atoms with Crippen molar-refractivity contribution in [3.8, 4) is 62.1 Å². The van der Waals surface area contributed by atoms with E-state index in [-0.39, 0.29) is 0 Å². The molecule has 5 nitrogen and oxygen atoms in total. The molecule has 0 aliphatic heterocycles. The van der Waals surface area contributed by atoms with E-state index in [0.717, 1.165) is 82.8 Å². The summed E-state index contributed by atoms with van der Waals surface area (Å²) in [7, 11) is 0. The summed E-state index contributed by atoms with van der Waals surface area (Å²) in [6, 6.07) is 67.4. The minimum Gasteiger partial charge on any atom is -0.456 e. The van der Waals surface area contributed by atoms with Crippen molar-refractivity contribution >= 4 is 43.7 Å². The van der Waals surface area contributed by atoms with Gasteiger partial charge in [0.15, 0.2) is 17.5 Å². The van der Waals surface area contributed by atoms with Crippen molar-refractivity contribution in [2.24, 2.45) is 0 Å². The van der Waals surface area contributed by atoms with Crippen molar-refractivity contribution in [3.63, 3.8) is 0 Å². The summed E-state index contributed by atoms with van der Waals surface area (Å²) in [5.41, 5.74) is 12.2. The van der Waals surface area contributed by atoms with Crippen molar-refractivity contribution in [1.29, 1.82) is 0 Å². The molecule has 0 fully saturated rings. The van der Waals surface area contributed by atoms with Crippen LogP contribution < -0.4 is 0 Å². The van der Waals surface area contributed by atoms with Crippen LogP contribution in [0, 0.1) is 0 Å². The molecule has 0 N–H and O–H groups in total. The Morgan fingerprint density at radius 3 is 1.57 bits per heavy atom. The summed E-state index contributed by atoms with van der Waals surface area (Å²) in [6.45, 7) is 0. The Morgan fingerprint density at radius 1 is 0.321 bits per heavy atom. The van der Waals surface area contributed by atoms with Gasteiger partial charge in [-0.05, 0) is 58.7 Å². The molecule has 0 saturated heterocycles. The van der Waals surface area contributed by atoms with Crippen LogP contribution in [0.2, 0.25) is 0 Å². The number of fused-ring (bicyclic) bond motifs is 6. The van der Waals surface area contributed by atoms with E-state index >= 15 is 0 Å². The molecule has 56 heavy (non-hydrogen) atoms. The van der Waals surface area contributed by atoms with Gasteiger partial charge in [0.2, 0.25) is 0 Å². The molecule has 0 aliphatic carbocycles. The van der Waals surface area contributed by atoms with E-state index in [1.165, 1.54) is 5.56 Å². The number of aromatic nitrogens is 4. The Kier molecular flexibility index (Phi) is 7.42. The smallest absolute Gasteiger partial charge is 0.166 e. The average molecular weight is 717 g/mol. The van der Waals surface area contributed by atoms with Crippen LogP contribution in [0.4, 0.5) is 0 Å². The average Bonchev–Trinajstić information content (AvgIpc) is 3.80. The van der Waals surface area contributed by atoms with E-state index in [1.54, 1.807) is 0 Å². The van der Waals surface area contributed by atoms with Crippen molar-refractivity contribution in [2.75, 3.05) is 0 Å². The number of furan rings is 1. The number of benzene rings is 8. The first kappa shape index (κ1) is 31.9. The van der Waals surface area contributed by atoms with E-state index in [4.69, 9.17) is 19.4 Å². The zero-order valence-electron chi connectivity index (χ0n) is 30.2. The maximum Gasteiger partial charge on any atom is 0.166 e. The molecule has 11 aromatic rings. The first-order valence-electron chi connectivity index (χ1n) is 18.8. The normalized spacial score (nSPS) is 11.6. The zero-order valence-corrected chi connectivity index (χ0v) is 30.2. The number of hydrogen-bond donors (Lipinski definition) is 0. The summed E-state index contributed by atoms with van der Waals surface area (Å²) < 4.78 is 8.89. The predicted molar refractivity (Wildman–Crippen MR) is 229 cm³/mol. The van der Waals surface area contributed by atoms with Crippen LogP contribution in [-0.2, 0) is 0 Å². The van der Waals surface area contributed by atoms with E-state index in [9.17, 15) is 0 Å². The van der Waals surface area contributed by atoms with Crippen LogP contribution >= 0.6 is 0 Å². The highest BCUT2D eigenvalue weighted by molar-refractivity contribution is 6.18. The highest BCUT2D eigenvalue weighted by atomic mass is 16.3. The molecule has 8 aromatic carbocycles. The molecule has 3 heterocycles. The van der Waals surface area contributed by atoms with Gasteiger partial charge in [-0.2, -0.15) is 0 Å². The topological polar surface area (TPSA) is 56.7 Å². The second-order valence-electron chi connectivity index (χ2n) is 14.0. The van der Waals surface area contributed by atoms with Crippen LogP contribution in [0.25, 0.3) is 106 Å². The Balaban J connectivity index is 1.11. The van der Waals surface area contributed by atoms with Crippen molar-refractivity contribution in [1.82, 2.24) is 19.5 Å². The second kappa shape index (κ2) is 13.0. The van der Waals surface area contributed by atoms with Crippen molar-refractivity contribution in [2.45, 2.75) is 0 Å². The summed E-state index contributed by atoms with van der Waals surface area (Å²) in [5, 5.41) is 4.50. The molecule has 5 heteroatoms. The third-order valence-electron chi connectivity index (χ3n) is 10.7. The van der Waals surface area contributed by atoms with Crippen LogP contribution in [-0.4, -0.2) is 19.5 Å². The Labute approximate surface area is 322 Å². The van der Waals surface area contributed by atoms with E-state index in [2.05, 4.69) is 156 Å². The third-order valence-corrected chi connectivity index (χ3v) is 10.7. The van der Waals surface area contributed by atoms with E-state index in [1.807, 2.05) is 42.5 Å². The molecule has 0 atom stereocenters. The fourth-order valence-corrected chi connectivity index (χ4v) is 7.95. The van der Waals surface area contributed by atoms with Crippen LogP contribution in [0.1, 0.15) is 0 Å². The first-order chi connectivity index (χ1) is 27.7. The largest absolute Gasteiger partial charge is 0.456 e. The molecule has 262 valence electrons. The van der Waals surface area contributed by atoms with Gasteiger partial charge >= 0.3 is 0 Å². The number of hydrogen-bond acceptors (Lipinski definition) is 4. The van der Waals surface area contributed by atoms with Crippen LogP contribution in [0.15, 0.2) is 199 Å². The van der Waals surface area contributed by atoms with Gasteiger partial charge in [-0.1, -0.05) is 152 Å². The lowest BCUT2D eigenvalue weighted by atomic mass is 10.0. The molecular weight excluding hydrogens is 685 g/mol. The quantitative estimate of drug-likeness (QED) is 0.172.